The molecule has 6 heteroatoms. The number of thiophene rings is 1. The zero-order chi connectivity index (χ0) is 19.4. The van der Waals surface area contributed by atoms with Gasteiger partial charge in [-0.25, -0.2) is 0 Å². The van der Waals surface area contributed by atoms with Gasteiger partial charge in [-0.15, -0.1) is 11.3 Å². The van der Waals surface area contributed by atoms with Gasteiger partial charge in [0.1, 0.15) is 0 Å². The van der Waals surface area contributed by atoms with E-state index in [1.807, 2.05) is 25.1 Å². The average Bonchev–Trinajstić information content (AvgIpc) is 3.10. The van der Waals surface area contributed by atoms with E-state index in [0.717, 1.165) is 6.42 Å². The highest BCUT2D eigenvalue weighted by Crippen LogP contribution is 2.43. The molecule has 0 unspecified atom stereocenters. The molecule has 2 heterocycles. The van der Waals surface area contributed by atoms with E-state index in [0.29, 0.717) is 18.8 Å². The number of likely N-dealkylation sites (N-methyl/N-ethyl adjacent to an activating group) is 1. The Labute approximate surface area is 164 Å². The lowest BCUT2D eigenvalue weighted by atomic mass is 9.80. The quantitative estimate of drug-likeness (QED) is 0.784. The Morgan fingerprint density at radius 3 is 2.81 bits per heavy atom. The predicted octanol–water partition coefficient (Wildman–Crippen LogP) is 3.74. The van der Waals surface area contributed by atoms with Crippen molar-refractivity contribution in [1.29, 1.82) is 0 Å². The zero-order valence-electron chi connectivity index (χ0n) is 16.1. The molecular formula is C21H27NO4S. The van der Waals surface area contributed by atoms with Crippen LogP contribution in [0.25, 0.3) is 10.1 Å². The molecule has 1 aliphatic rings. The Morgan fingerprint density at radius 1 is 1.33 bits per heavy atom. The molecule has 0 saturated carbocycles. The molecule has 0 radical (unpaired) electrons. The topological polar surface area (TPSA) is 59.0 Å². The molecule has 1 amide bonds. The first-order valence-electron chi connectivity index (χ1n) is 9.35. The zero-order valence-corrected chi connectivity index (χ0v) is 16.9. The minimum Gasteiger partial charge on any atom is -0.459 e. The maximum Gasteiger partial charge on any atom is 0.288 e. The van der Waals surface area contributed by atoms with E-state index in [2.05, 4.69) is 17.5 Å². The number of rotatable bonds is 7. The van der Waals surface area contributed by atoms with Crippen LogP contribution in [0.2, 0.25) is 0 Å². The van der Waals surface area contributed by atoms with E-state index >= 15 is 0 Å². The lowest BCUT2D eigenvalue weighted by molar-refractivity contribution is -0.169. The van der Waals surface area contributed by atoms with Crippen LogP contribution in [0.15, 0.2) is 41.5 Å². The van der Waals surface area contributed by atoms with Crippen molar-refractivity contribution in [3.05, 3.63) is 47.0 Å². The third kappa shape index (κ3) is 4.18. The van der Waals surface area contributed by atoms with Gasteiger partial charge in [0.15, 0.2) is 5.76 Å². The van der Waals surface area contributed by atoms with Crippen molar-refractivity contribution in [1.82, 2.24) is 4.90 Å². The van der Waals surface area contributed by atoms with Crippen LogP contribution in [0, 0.1) is 5.92 Å². The minimum absolute atomic E-state index is 0.00287. The molecule has 3 rings (SSSR count). The largest absolute Gasteiger partial charge is 0.459 e. The number of carbonyl (C=O) groups excluding carboxylic acids is 1. The highest BCUT2D eigenvalue weighted by atomic mass is 32.1. The average molecular weight is 390 g/mol. The smallest absolute Gasteiger partial charge is 0.288 e. The number of hydrogen-bond acceptors (Lipinski definition) is 5. The van der Waals surface area contributed by atoms with Crippen molar-refractivity contribution >= 4 is 27.3 Å². The molecule has 2 aromatic rings. The summed E-state index contributed by atoms with van der Waals surface area (Å²) >= 11 is 1.71. The number of nitrogens with zero attached hydrogens (tertiary/aromatic N) is 1. The van der Waals surface area contributed by atoms with E-state index in [-0.39, 0.29) is 24.3 Å². The van der Waals surface area contributed by atoms with Crippen molar-refractivity contribution in [3.63, 3.8) is 0 Å². The van der Waals surface area contributed by atoms with Gasteiger partial charge in [-0.05, 0) is 48.2 Å². The summed E-state index contributed by atoms with van der Waals surface area (Å²) in [6.45, 7) is 2.55. The standard InChI is InChI=1S/C21H27NO4S/c1-4-25-21-15(9-7-11-23)16(12-18(26-21)20(24)22(2)3)17-13-27-19-10-6-5-8-14(17)19/h5-6,8,10,12-13,15-16,21,23H,4,7,9,11H2,1-3H3/t15-,16+,21-/m0/s1. The van der Waals surface area contributed by atoms with Gasteiger partial charge in [0.2, 0.25) is 6.29 Å². The Morgan fingerprint density at radius 2 is 2.11 bits per heavy atom. The van der Waals surface area contributed by atoms with Gasteiger partial charge in [-0.3, -0.25) is 4.79 Å². The van der Waals surface area contributed by atoms with Crippen LogP contribution >= 0.6 is 11.3 Å². The lowest BCUT2D eigenvalue weighted by Gasteiger charge is -2.37. The Bertz CT molecular complexity index is 813. The molecule has 1 aromatic heterocycles. The van der Waals surface area contributed by atoms with Gasteiger partial charge in [-0.1, -0.05) is 18.2 Å². The number of benzene rings is 1. The molecule has 0 spiro atoms. The van der Waals surface area contributed by atoms with Crippen molar-refractivity contribution in [2.45, 2.75) is 32.0 Å². The number of aliphatic hydroxyl groups excluding tert-OH is 1. The number of carbonyl (C=O) groups is 1. The monoisotopic (exact) mass is 389 g/mol. The molecule has 1 aliphatic heterocycles. The normalized spacial score (nSPS) is 22.4. The van der Waals surface area contributed by atoms with Gasteiger partial charge < -0.3 is 19.5 Å². The fourth-order valence-electron chi connectivity index (χ4n) is 3.59. The Kier molecular flexibility index (Phi) is 6.52. The molecular weight excluding hydrogens is 362 g/mol. The molecule has 3 atom stereocenters. The summed E-state index contributed by atoms with van der Waals surface area (Å²) < 4.78 is 13.1. The highest BCUT2D eigenvalue weighted by molar-refractivity contribution is 7.17. The predicted molar refractivity (Wildman–Crippen MR) is 108 cm³/mol. The summed E-state index contributed by atoms with van der Waals surface area (Å²) in [5, 5.41) is 12.7. The molecule has 0 bridgehead atoms. The van der Waals surface area contributed by atoms with Crippen LogP contribution in [-0.4, -0.2) is 49.5 Å². The fraction of sp³-hybridized carbons (Fsp3) is 0.476. The van der Waals surface area contributed by atoms with Crippen LogP contribution < -0.4 is 0 Å². The van der Waals surface area contributed by atoms with E-state index in [9.17, 15) is 9.90 Å². The maximum atomic E-state index is 12.6. The SMILES string of the molecule is CCO[C@H]1OC(C(=O)N(C)C)=C[C@@H](c2csc3ccccc23)[C@@H]1CCCO. The Balaban J connectivity index is 2.07. The summed E-state index contributed by atoms with van der Waals surface area (Å²) in [4.78, 5) is 14.1. The number of ether oxygens (including phenoxy) is 2. The number of amides is 1. The van der Waals surface area contributed by atoms with Gasteiger partial charge in [0.25, 0.3) is 5.91 Å². The summed E-state index contributed by atoms with van der Waals surface area (Å²) in [5.41, 5.74) is 1.19. The molecule has 0 fully saturated rings. The fourth-order valence-corrected chi connectivity index (χ4v) is 4.60. The number of aliphatic hydroxyl groups is 1. The summed E-state index contributed by atoms with van der Waals surface area (Å²) in [6, 6.07) is 8.31. The molecule has 1 aromatic carbocycles. The lowest BCUT2D eigenvalue weighted by Crippen LogP contribution is -2.38. The van der Waals surface area contributed by atoms with Gasteiger partial charge >= 0.3 is 0 Å². The third-order valence-corrected chi connectivity index (χ3v) is 5.88. The second-order valence-corrected chi connectivity index (χ2v) is 7.83. The van der Waals surface area contributed by atoms with Crippen LogP contribution in [0.4, 0.5) is 0 Å². The molecule has 27 heavy (non-hydrogen) atoms. The molecule has 0 saturated heterocycles. The minimum atomic E-state index is -0.505. The first kappa shape index (κ1) is 19.9. The molecule has 1 N–H and O–H groups in total. The third-order valence-electron chi connectivity index (χ3n) is 4.90. The highest BCUT2D eigenvalue weighted by Gasteiger charge is 2.38. The number of allylic oxidation sites excluding steroid dienone is 1. The van der Waals surface area contributed by atoms with Crippen molar-refractivity contribution in [2.24, 2.45) is 5.92 Å². The van der Waals surface area contributed by atoms with Crippen LogP contribution in [-0.2, 0) is 14.3 Å². The first-order chi connectivity index (χ1) is 13.1. The van der Waals surface area contributed by atoms with Crippen LogP contribution in [0.5, 0.6) is 0 Å². The summed E-state index contributed by atoms with van der Waals surface area (Å²) in [5.74, 6) is 0.203. The maximum absolute atomic E-state index is 12.6. The second kappa shape index (κ2) is 8.87. The van der Waals surface area contributed by atoms with E-state index in [1.165, 1.54) is 20.5 Å². The number of fused-ring (bicyclic) bond motifs is 1. The van der Waals surface area contributed by atoms with Crippen LogP contribution in [0.1, 0.15) is 31.2 Å². The van der Waals surface area contributed by atoms with Crippen molar-refractivity contribution in [3.8, 4) is 0 Å². The first-order valence-corrected chi connectivity index (χ1v) is 10.2. The van der Waals surface area contributed by atoms with Gasteiger partial charge in [0, 0.05) is 43.8 Å². The van der Waals surface area contributed by atoms with Gasteiger partial charge in [-0.2, -0.15) is 0 Å². The van der Waals surface area contributed by atoms with E-state index in [1.54, 1.807) is 25.4 Å². The Hall–Kier alpha value is -1.89. The van der Waals surface area contributed by atoms with E-state index in [4.69, 9.17) is 9.47 Å². The van der Waals surface area contributed by atoms with Gasteiger partial charge in [0.05, 0.1) is 0 Å². The van der Waals surface area contributed by atoms with Crippen LogP contribution in [0.3, 0.4) is 0 Å². The number of hydrogen-bond donors (Lipinski definition) is 1. The molecule has 0 aliphatic carbocycles. The summed E-state index contributed by atoms with van der Waals surface area (Å²) in [6.07, 6.45) is 2.86. The van der Waals surface area contributed by atoms with E-state index < -0.39 is 6.29 Å². The molecule has 5 nitrogen and oxygen atoms in total. The second-order valence-electron chi connectivity index (χ2n) is 6.91. The van der Waals surface area contributed by atoms with Crippen molar-refractivity contribution in [2.75, 3.05) is 27.3 Å². The summed E-state index contributed by atoms with van der Waals surface area (Å²) in [7, 11) is 3.43. The van der Waals surface area contributed by atoms with Crippen molar-refractivity contribution < 1.29 is 19.4 Å². The molecule has 146 valence electrons.